The number of hydrogen-bond donors (Lipinski definition) is 3. The third kappa shape index (κ3) is 2.70. The van der Waals surface area contributed by atoms with Gasteiger partial charge < -0.3 is 15.5 Å². The molecule has 0 aromatic heterocycles. The lowest BCUT2D eigenvalue weighted by molar-refractivity contribution is 0.0694. The van der Waals surface area contributed by atoms with Crippen molar-refractivity contribution in [2.24, 2.45) is 5.92 Å². The number of nitrogens with one attached hydrogen (secondary N) is 1. The van der Waals surface area contributed by atoms with Crippen molar-refractivity contribution in [3.05, 3.63) is 75.3 Å². The fourth-order valence-electron chi connectivity index (χ4n) is 4.03. The lowest BCUT2D eigenvalue weighted by Crippen LogP contribution is -2.30. The molecule has 0 spiro atoms. The highest BCUT2D eigenvalue weighted by Crippen LogP contribution is 2.51. The van der Waals surface area contributed by atoms with E-state index in [4.69, 9.17) is 0 Å². The van der Waals surface area contributed by atoms with E-state index in [1.165, 1.54) is 6.07 Å². The van der Waals surface area contributed by atoms with E-state index in [2.05, 4.69) is 27.3 Å². The first kappa shape index (κ1) is 16.8. The Balaban J connectivity index is 1.87. The number of fused-ring (bicyclic) bond motifs is 3. The van der Waals surface area contributed by atoms with Crippen LogP contribution >= 0.6 is 15.9 Å². The first-order chi connectivity index (χ1) is 12.5. The van der Waals surface area contributed by atoms with Crippen molar-refractivity contribution in [2.75, 3.05) is 5.32 Å². The van der Waals surface area contributed by atoms with Gasteiger partial charge >= 0.3 is 11.9 Å². The Labute approximate surface area is 158 Å². The number of rotatable bonds is 3. The van der Waals surface area contributed by atoms with Crippen LogP contribution in [0, 0.1) is 5.92 Å². The first-order valence-electron chi connectivity index (χ1n) is 8.29. The minimum Gasteiger partial charge on any atom is -0.478 e. The summed E-state index contributed by atoms with van der Waals surface area (Å²) >= 11 is 3.44. The summed E-state index contributed by atoms with van der Waals surface area (Å²) in [7, 11) is 0. The molecule has 4 rings (SSSR count). The smallest absolute Gasteiger partial charge is 0.336 e. The van der Waals surface area contributed by atoms with Gasteiger partial charge in [-0.3, -0.25) is 0 Å². The van der Waals surface area contributed by atoms with E-state index in [9.17, 15) is 19.8 Å². The van der Waals surface area contributed by atoms with Crippen molar-refractivity contribution < 1.29 is 19.8 Å². The SMILES string of the molecule is O=C(O)c1cc2c(c(C(=O)O)c1)C1C=CCC1C(c1ccc(Br)cc1)N2. The van der Waals surface area contributed by atoms with Crippen LogP contribution in [-0.2, 0) is 0 Å². The molecule has 0 amide bonds. The average molecular weight is 414 g/mol. The molecule has 1 heterocycles. The number of anilines is 1. The number of aromatic carboxylic acids is 2. The van der Waals surface area contributed by atoms with Crippen molar-refractivity contribution in [3.63, 3.8) is 0 Å². The summed E-state index contributed by atoms with van der Waals surface area (Å²) in [5.41, 5.74) is 2.39. The normalized spacial score (nSPS) is 23.0. The fraction of sp³-hybridized carbons (Fsp3) is 0.200. The van der Waals surface area contributed by atoms with Crippen LogP contribution in [0.5, 0.6) is 0 Å². The summed E-state index contributed by atoms with van der Waals surface area (Å²) < 4.78 is 0.986. The highest BCUT2D eigenvalue weighted by Gasteiger charge is 2.40. The molecule has 3 atom stereocenters. The second kappa shape index (κ2) is 6.29. The van der Waals surface area contributed by atoms with Crippen molar-refractivity contribution >= 4 is 33.6 Å². The van der Waals surface area contributed by atoms with Gasteiger partial charge in [-0.2, -0.15) is 0 Å². The zero-order valence-electron chi connectivity index (χ0n) is 13.6. The predicted octanol–water partition coefficient (Wildman–Crippen LogP) is 4.67. The first-order valence-corrected chi connectivity index (χ1v) is 9.08. The molecule has 3 unspecified atom stereocenters. The maximum absolute atomic E-state index is 11.8. The van der Waals surface area contributed by atoms with Crippen LogP contribution < -0.4 is 5.32 Å². The van der Waals surface area contributed by atoms with Gasteiger partial charge in [-0.05, 0) is 47.7 Å². The van der Waals surface area contributed by atoms with Gasteiger partial charge in [-0.15, -0.1) is 0 Å². The van der Waals surface area contributed by atoms with Crippen LogP contribution in [0.3, 0.4) is 0 Å². The van der Waals surface area contributed by atoms with Gasteiger partial charge in [0.15, 0.2) is 0 Å². The molecule has 0 radical (unpaired) electrons. The van der Waals surface area contributed by atoms with Crippen molar-refractivity contribution in [1.29, 1.82) is 0 Å². The van der Waals surface area contributed by atoms with E-state index < -0.39 is 11.9 Å². The van der Waals surface area contributed by atoms with Gasteiger partial charge in [0.2, 0.25) is 0 Å². The van der Waals surface area contributed by atoms with Crippen LogP contribution in [0.1, 0.15) is 50.2 Å². The summed E-state index contributed by atoms with van der Waals surface area (Å²) in [5, 5.41) is 22.4. The molecule has 0 bridgehead atoms. The molecule has 2 aliphatic rings. The van der Waals surface area contributed by atoms with Crippen LogP contribution in [0.4, 0.5) is 5.69 Å². The van der Waals surface area contributed by atoms with E-state index in [0.29, 0.717) is 11.3 Å². The number of allylic oxidation sites excluding steroid dienone is 2. The van der Waals surface area contributed by atoms with E-state index in [1.54, 1.807) is 6.07 Å². The largest absolute Gasteiger partial charge is 0.478 e. The molecule has 1 aliphatic heterocycles. The molecule has 2 aromatic carbocycles. The van der Waals surface area contributed by atoms with Crippen molar-refractivity contribution in [1.82, 2.24) is 0 Å². The molecule has 0 fully saturated rings. The summed E-state index contributed by atoms with van der Waals surface area (Å²) in [6.45, 7) is 0. The van der Waals surface area contributed by atoms with E-state index in [1.807, 2.05) is 30.3 Å². The van der Waals surface area contributed by atoms with Crippen LogP contribution in [0.25, 0.3) is 0 Å². The molecule has 1 aliphatic carbocycles. The van der Waals surface area contributed by atoms with Gasteiger partial charge in [-0.25, -0.2) is 9.59 Å². The second-order valence-electron chi connectivity index (χ2n) is 6.62. The standard InChI is InChI=1S/C20H16BrNO4/c21-12-6-4-10(5-7-12)18-14-3-1-2-13(14)17-15(20(25)26)8-11(19(23)24)9-16(17)22-18/h1-2,4-9,13-14,18,22H,3H2,(H,23,24)(H,25,26). The molecule has 0 saturated carbocycles. The van der Waals surface area contributed by atoms with Crippen LogP contribution in [0.2, 0.25) is 0 Å². The monoisotopic (exact) mass is 413 g/mol. The van der Waals surface area contributed by atoms with E-state index in [0.717, 1.165) is 16.5 Å². The Kier molecular flexibility index (Phi) is 4.07. The molecule has 26 heavy (non-hydrogen) atoms. The number of carboxylic acids is 2. The molecule has 0 saturated heterocycles. The van der Waals surface area contributed by atoms with Gasteiger partial charge in [0.1, 0.15) is 0 Å². The van der Waals surface area contributed by atoms with Crippen molar-refractivity contribution in [2.45, 2.75) is 18.4 Å². The lowest BCUT2D eigenvalue weighted by Gasteiger charge is -2.38. The average Bonchev–Trinajstić information content (AvgIpc) is 3.10. The lowest BCUT2D eigenvalue weighted by atomic mass is 9.75. The maximum atomic E-state index is 11.8. The summed E-state index contributed by atoms with van der Waals surface area (Å²) in [5.74, 6) is -2.10. The topological polar surface area (TPSA) is 86.6 Å². The second-order valence-corrected chi connectivity index (χ2v) is 7.54. The number of carboxylic acid groups (broad SMARTS) is 2. The highest BCUT2D eigenvalue weighted by molar-refractivity contribution is 9.10. The van der Waals surface area contributed by atoms with E-state index >= 15 is 0 Å². The maximum Gasteiger partial charge on any atom is 0.336 e. The van der Waals surface area contributed by atoms with E-state index in [-0.39, 0.29) is 29.0 Å². The summed E-state index contributed by atoms with van der Waals surface area (Å²) in [6, 6.07) is 10.8. The van der Waals surface area contributed by atoms with Crippen LogP contribution in [-0.4, -0.2) is 22.2 Å². The third-order valence-corrected chi connectivity index (χ3v) is 5.70. The molecular weight excluding hydrogens is 398 g/mol. The Bertz CT molecular complexity index is 936. The zero-order chi connectivity index (χ0) is 18.4. The van der Waals surface area contributed by atoms with Crippen LogP contribution in [0.15, 0.2) is 53.0 Å². The van der Waals surface area contributed by atoms with Gasteiger partial charge in [0.25, 0.3) is 0 Å². The Morgan fingerprint density at radius 3 is 2.46 bits per heavy atom. The molecule has 5 nitrogen and oxygen atoms in total. The fourth-order valence-corrected chi connectivity index (χ4v) is 4.30. The molecule has 2 aromatic rings. The molecule has 3 N–H and O–H groups in total. The summed E-state index contributed by atoms with van der Waals surface area (Å²) in [4.78, 5) is 23.2. The number of benzene rings is 2. The Morgan fingerprint density at radius 1 is 1.08 bits per heavy atom. The number of carbonyl (C=O) groups is 2. The molecule has 132 valence electrons. The van der Waals surface area contributed by atoms with Gasteiger partial charge in [0, 0.05) is 16.1 Å². The highest BCUT2D eigenvalue weighted by atomic mass is 79.9. The minimum absolute atomic E-state index is 0.0127. The molecular formula is C20H16BrNO4. The quantitative estimate of drug-likeness (QED) is 0.636. The predicted molar refractivity (Wildman–Crippen MR) is 101 cm³/mol. The third-order valence-electron chi connectivity index (χ3n) is 5.17. The van der Waals surface area contributed by atoms with Gasteiger partial charge in [-0.1, -0.05) is 40.2 Å². The number of hydrogen-bond acceptors (Lipinski definition) is 3. The number of halogens is 1. The van der Waals surface area contributed by atoms with Crippen molar-refractivity contribution in [3.8, 4) is 0 Å². The Hall–Kier alpha value is -2.60. The molecule has 6 heteroatoms. The van der Waals surface area contributed by atoms with Gasteiger partial charge in [0.05, 0.1) is 17.2 Å². The summed E-state index contributed by atoms with van der Waals surface area (Å²) in [6.07, 6.45) is 4.97. The Morgan fingerprint density at radius 2 is 1.81 bits per heavy atom. The minimum atomic E-state index is -1.14. The zero-order valence-corrected chi connectivity index (χ0v) is 15.2.